The van der Waals surface area contributed by atoms with E-state index in [-0.39, 0.29) is 65.9 Å². The van der Waals surface area contributed by atoms with Crippen molar-refractivity contribution >= 4 is 29.3 Å². The topological polar surface area (TPSA) is 178 Å². The van der Waals surface area contributed by atoms with Crippen LogP contribution in [0.1, 0.15) is 112 Å². The number of allylic oxidation sites excluding steroid dienone is 2. The highest BCUT2D eigenvalue weighted by molar-refractivity contribution is 5.96. The molecule has 304 valence electrons. The molecule has 11 nitrogen and oxygen atoms in total. The summed E-state index contributed by atoms with van der Waals surface area (Å²) in [6, 6.07) is 8.62. The van der Waals surface area contributed by atoms with Gasteiger partial charge in [0.25, 0.3) is 0 Å². The third-order valence-electron chi connectivity index (χ3n) is 15.7. The van der Waals surface area contributed by atoms with Crippen LogP contribution in [-0.2, 0) is 40.0 Å². The maximum absolute atomic E-state index is 14.8. The summed E-state index contributed by atoms with van der Waals surface area (Å²) in [5.74, 6) is -1.20. The Morgan fingerprint density at radius 3 is 2.27 bits per heavy atom. The molecule has 3 fully saturated rings. The van der Waals surface area contributed by atoms with E-state index in [9.17, 15) is 29.5 Å². The fourth-order valence-electron chi connectivity index (χ4n) is 12.3. The zero-order chi connectivity index (χ0) is 41.2. The molecule has 0 spiro atoms. The second-order valence-electron chi connectivity index (χ2n) is 19.4. The van der Waals surface area contributed by atoms with E-state index in [0.717, 1.165) is 36.8 Å². The van der Waals surface area contributed by atoms with Crippen molar-refractivity contribution in [2.24, 2.45) is 56.0 Å². The number of nitriles is 1. The van der Waals surface area contributed by atoms with Gasteiger partial charge in [-0.2, -0.15) is 5.26 Å². The molecule has 0 heterocycles. The molecule has 11 heteroatoms. The van der Waals surface area contributed by atoms with Gasteiger partial charge in [0, 0.05) is 28.9 Å². The molecule has 1 amide bonds. The number of hydrogen-bond acceptors (Lipinski definition) is 10. The highest BCUT2D eigenvalue weighted by atomic mass is 16.5. The zero-order valence-electron chi connectivity index (χ0n) is 34.7. The Hall–Kier alpha value is -4.01. The minimum atomic E-state index is -1.20. The smallest absolute Gasteiger partial charge is 0.322 e. The lowest BCUT2D eigenvalue weighted by atomic mass is 9.33. The number of benzene rings is 1. The van der Waals surface area contributed by atoms with Crippen molar-refractivity contribution in [3.8, 4) is 6.07 Å². The number of ether oxygens (including phenoxy) is 3. The van der Waals surface area contributed by atoms with Crippen molar-refractivity contribution in [3.63, 3.8) is 0 Å². The number of aliphatic hydroxyl groups is 1. The van der Waals surface area contributed by atoms with Crippen LogP contribution in [0.15, 0.2) is 47.2 Å². The molecule has 0 aromatic heterocycles. The normalized spacial score (nSPS) is 35.9. The van der Waals surface area contributed by atoms with Crippen LogP contribution in [0.5, 0.6) is 0 Å². The summed E-state index contributed by atoms with van der Waals surface area (Å²) in [6.07, 6.45) is 6.16. The van der Waals surface area contributed by atoms with Crippen LogP contribution in [0, 0.1) is 61.6 Å². The third kappa shape index (κ3) is 6.30. The number of anilines is 1. The van der Waals surface area contributed by atoms with Crippen LogP contribution in [0.3, 0.4) is 0 Å². The van der Waals surface area contributed by atoms with E-state index in [4.69, 9.17) is 15.2 Å². The number of nitrogens with two attached hydrogens (primary N) is 1. The summed E-state index contributed by atoms with van der Waals surface area (Å²) in [4.78, 5) is 52.5. The molecule has 0 bridgehead atoms. The number of amides is 1. The second-order valence-corrected chi connectivity index (χ2v) is 19.4. The summed E-state index contributed by atoms with van der Waals surface area (Å²) >= 11 is 0. The van der Waals surface area contributed by atoms with Gasteiger partial charge >= 0.3 is 11.9 Å². The van der Waals surface area contributed by atoms with Crippen molar-refractivity contribution in [2.75, 3.05) is 19.5 Å². The Morgan fingerprint density at radius 2 is 1.64 bits per heavy atom. The van der Waals surface area contributed by atoms with Crippen molar-refractivity contribution in [2.45, 2.75) is 125 Å². The molecule has 5 aliphatic carbocycles. The van der Waals surface area contributed by atoms with Gasteiger partial charge in [0.05, 0.1) is 25.2 Å². The number of rotatable bonds is 9. The number of nitrogens with zero attached hydrogens (tertiary/aromatic N) is 1. The quantitative estimate of drug-likeness (QED) is 0.223. The molecule has 0 radical (unpaired) electrons. The summed E-state index contributed by atoms with van der Waals surface area (Å²) in [7, 11) is 2.72. The van der Waals surface area contributed by atoms with Crippen LogP contribution in [-0.4, -0.2) is 55.1 Å². The van der Waals surface area contributed by atoms with Crippen LogP contribution >= 0.6 is 0 Å². The third-order valence-corrected chi connectivity index (χ3v) is 15.7. The molecule has 56 heavy (non-hydrogen) atoms. The Labute approximate surface area is 331 Å². The number of carbonyl (C=O) groups excluding carboxylic acids is 4. The van der Waals surface area contributed by atoms with Crippen molar-refractivity contribution in [3.05, 3.63) is 52.8 Å². The Bertz CT molecular complexity index is 1890. The predicted octanol–water partition coefficient (Wildman–Crippen LogP) is 6.93. The number of hydrogen-bond donors (Lipinski definition) is 3. The van der Waals surface area contributed by atoms with Crippen molar-refractivity contribution in [1.82, 2.24) is 0 Å². The highest BCUT2D eigenvalue weighted by Crippen LogP contribution is 2.75. The predicted molar refractivity (Wildman–Crippen MR) is 210 cm³/mol. The fraction of sp³-hybridized carbons (Fsp3) is 0.667. The van der Waals surface area contributed by atoms with E-state index in [1.165, 1.54) is 14.2 Å². The number of ketones is 1. The first-order valence-corrected chi connectivity index (χ1v) is 20.2. The van der Waals surface area contributed by atoms with E-state index < -0.39 is 45.2 Å². The molecule has 6 rings (SSSR count). The van der Waals surface area contributed by atoms with Gasteiger partial charge in [0.15, 0.2) is 5.78 Å². The van der Waals surface area contributed by atoms with Crippen molar-refractivity contribution < 1.29 is 38.5 Å². The monoisotopic (exact) mass is 771 g/mol. The van der Waals surface area contributed by atoms with Gasteiger partial charge in [-0.1, -0.05) is 66.2 Å². The van der Waals surface area contributed by atoms with E-state index in [0.29, 0.717) is 30.7 Å². The van der Waals surface area contributed by atoms with Crippen LogP contribution in [0.25, 0.3) is 0 Å². The van der Waals surface area contributed by atoms with Crippen LogP contribution in [0.2, 0.25) is 0 Å². The lowest BCUT2D eigenvalue weighted by Gasteiger charge is -2.69. The molecule has 4 N–H and O–H groups in total. The largest absolute Gasteiger partial charge is 0.492 e. The highest BCUT2D eigenvalue weighted by Gasteiger charge is 2.72. The average Bonchev–Trinajstić information content (AvgIpc) is 3.15. The van der Waals surface area contributed by atoms with E-state index in [1.54, 1.807) is 12.1 Å². The first-order chi connectivity index (χ1) is 26.2. The first-order valence-electron chi connectivity index (χ1n) is 20.2. The number of nitrogens with one attached hydrogen (secondary N) is 1. The SMILES string of the molecule is COC(=O)[C@@H](N)CCC(=O)Nc1ccc(COC2=C(C#N)[C@H](O)[C@]3(C)C4=CC(=O)[C@@H]5[C@@H]6CC(C)(C)CC[C@]6(C(=O)OC)CC[C@@]5(C)[C@]4(C)CC[C@H]3C2(C)C)cc1. The molecule has 1 aromatic carbocycles. The Kier molecular flexibility index (Phi) is 10.7. The molecule has 1 aromatic rings. The number of carbonyl (C=O) groups is 4. The zero-order valence-corrected chi connectivity index (χ0v) is 34.7. The van der Waals surface area contributed by atoms with Gasteiger partial charge < -0.3 is 30.4 Å². The first kappa shape index (κ1) is 41.6. The fourth-order valence-corrected chi connectivity index (χ4v) is 12.3. The van der Waals surface area contributed by atoms with Gasteiger partial charge in [0.2, 0.25) is 5.91 Å². The summed E-state index contributed by atoms with van der Waals surface area (Å²) < 4.78 is 16.6. The average molecular weight is 772 g/mol. The Morgan fingerprint density at radius 1 is 0.982 bits per heavy atom. The maximum atomic E-state index is 14.8. The molecule has 3 saturated carbocycles. The Balaban J connectivity index is 1.27. The van der Waals surface area contributed by atoms with E-state index in [1.807, 2.05) is 25.1 Å². The van der Waals surface area contributed by atoms with Gasteiger partial charge in [-0.25, -0.2) is 0 Å². The van der Waals surface area contributed by atoms with Crippen LogP contribution in [0.4, 0.5) is 5.69 Å². The summed E-state index contributed by atoms with van der Waals surface area (Å²) in [6.45, 7) is 15.3. The van der Waals surface area contributed by atoms with Crippen LogP contribution < -0.4 is 11.1 Å². The van der Waals surface area contributed by atoms with Crippen molar-refractivity contribution in [1.29, 1.82) is 5.26 Å². The summed E-state index contributed by atoms with van der Waals surface area (Å²) in [5.41, 5.74) is 5.03. The minimum Gasteiger partial charge on any atom is -0.492 e. The number of methoxy groups -OCH3 is 2. The van der Waals surface area contributed by atoms with Gasteiger partial charge in [-0.15, -0.1) is 0 Å². The molecular weight excluding hydrogens is 711 g/mol. The lowest BCUT2D eigenvalue weighted by Crippen LogP contribution is -2.67. The maximum Gasteiger partial charge on any atom is 0.322 e. The molecular formula is C45H61N3O8. The lowest BCUT2D eigenvalue weighted by molar-refractivity contribution is -0.194. The van der Waals surface area contributed by atoms with E-state index >= 15 is 0 Å². The summed E-state index contributed by atoms with van der Waals surface area (Å²) in [5, 5.41) is 25.9. The molecule has 0 saturated heterocycles. The second kappa shape index (κ2) is 14.4. The van der Waals surface area contributed by atoms with Gasteiger partial charge in [-0.05, 0) is 103 Å². The van der Waals surface area contributed by atoms with Gasteiger partial charge in [-0.3, -0.25) is 19.2 Å². The van der Waals surface area contributed by atoms with Gasteiger partial charge in [0.1, 0.15) is 30.6 Å². The standard InChI is InChI=1S/C45H61N3O8/c1-40(2)18-20-45(39(53)55-9)21-19-43(6)35(29(45)23-40)31(49)22-33-42(43,5)17-16-32-41(3,4)37(28(24-46)36(51)44(32,33)7)56-25-26-10-12-27(13-11-26)48-34(50)15-14-30(47)38(52)54-8/h10-13,22,29-30,32,35-36,51H,14-21,23,25,47H2,1-9H3,(H,48,50)/t29-,30-,32-,35-,36-,42+,43+,44-,45-/m0/s1. The number of fused-ring (bicyclic) bond motifs is 7. The minimum absolute atomic E-state index is 0.0114. The molecule has 0 aliphatic heterocycles. The molecule has 5 aliphatic rings. The number of esters is 2. The number of aliphatic hydroxyl groups excluding tert-OH is 1. The molecule has 9 atom stereocenters. The molecule has 0 unspecified atom stereocenters. The van der Waals surface area contributed by atoms with E-state index in [2.05, 4.69) is 57.7 Å².